The van der Waals surface area contributed by atoms with Gasteiger partial charge in [-0.3, -0.25) is 4.98 Å². The highest BCUT2D eigenvalue weighted by Crippen LogP contribution is 2.28. The summed E-state index contributed by atoms with van der Waals surface area (Å²) in [7, 11) is 1.63. The molecule has 10 heteroatoms. The summed E-state index contributed by atoms with van der Waals surface area (Å²) in [5, 5.41) is 16.6. The molecule has 5 aromatic rings. The predicted octanol–water partition coefficient (Wildman–Crippen LogP) is 3.45. The van der Waals surface area contributed by atoms with Crippen molar-refractivity contribution in [2.24, 2.45) is 0 Å². The molecule has 0 spiro atoms. The van der Waals surface area contributed by atoms with Crippen LogP contribution in [0.3, 0.4) is 0 Å². The molecule has 0 bridgehead atoms. The topological polar surface area (TPSA) is 87.3 Å². The Labute approximate surface area is 161 Å². The highest BCUT2D eigenvalue weighted by atomic mass is 32.1. The standard InChI is InChI=1S/C17H12N6O2S2/c1-24-10-2-3-11-12(6-10)18-5-4-14(11)25-7-15-20-21-17-23(15)22-16(27-17)13-8-26-9-19-13/h2-6,8-9H,7H2,1H3. The van der Waals surface area contributed by atoms with Gasteiger partial charge in [0.05, 0.1) is 18.1 Å². The van der Waals surface area contributed by atoms with Crippen molar-refractivity contribution >= 4 is 38.5 Å². The monoisotopic (exact) mass is 396 g/mol. The van der Waals surface area contributed by atoms with E-state index in [1.165, 1.54) is 22.7 Å². The van der Waals surface area contributed by atoms with Crippen LogP contribution in [0.2, 0.25) is 0 Å². The molecule has 0 fully saturated rings. The first kappa shape index (κ1) is 16.1. The first-order valence-electron chi connectivity index (χ1n) is 7.97. The maximum atomic E-state index is 5.99. The van der Waals surface area contributed by atoms with Gasteiger partial charge in [0, 0.05) is 23.0 Å². The van der Waals surface area contributed by atoms with Crippen LogP contribution in [0.15, 0.2) is 41.4 Å². The van der Waals surface area contributed by atoms with Crippen molar-refractivity contribution in [3.8, 4) is 22.2 Å². The number of hydrogen-bond acceptors (Lipinski definition) is 9. The third kappa shape index (κ3) is 2.88. The molecule has 0 aliphatic rings. The van der Waals surface area contributed by atoms with Crippen LogP contribution < -0.4 is 9.47 Å². The highest BCUT2D eigenvalue weighted by molar-refractivity contribution is 7.20. The van der Waals surface area contributed by atoms with E-state index in [0.29, 0.717) is 16.5 Å². The molecule has 0 amide bonds. The number of ether oxygens (including phenoxy) is 2. The molecule has 134 valence electrons. The number of rotatable bonds is 5. The molecule has 8 nitrogen and oxygen atoms in total. The largest absolute Gasteiger partial charge is 0.497 e. The van der Waals surface area contributed by atoms with E-state index in [1.807, 2.05) is 29.6 Å². The van der Waals surface area contributed by atoms with E-state index in [0.717, 1.165) is 27.4 Å². The van der Waals surface area contributed by atoms with Crippen LogP contribution in [0.25, 0.3) is 26.6 Å². The average molecular weight is 396 g/mol. The van der Waals surface area contributed by atoms with E-state index >= 15 is 0 Å². The Morgan fingerprint density at radius 1 is 1.15 bits per heavy atom. The highest BCUT2D eigenvalue weighted by Gasteiger charge is 2.15. The third-order valence-electron chi connectivity index (χ3n) is 3.97. The molecule has 0 unspecified atom stereocenters. The van der Waals surface area contributed by atoms with Crippen LogP contribution in [-0.2, 0) is 6.61 Å². The summed E-state index contributed by atoms with van der Waals surface area (Å²) in [5.74, 6) is 2.10. The number of methoxy groups -OCH3 is 1. The quantitative estimate of drug-likeness (QED) is 0.450. The van der Waals surface area contributed by atoms with Gasteiger partial charge in [-0.25, -0.2) is 4.98 Å². The van der Waals surface area contributed by atoms with Crippen molar-refractivity contribution < 1.29 is 9.47 Å². The van der Waals surface area contributed by atoms with Gasteiger partial charge >= 0.3 is 0 Å². The van der Waals surface area contributed by atoms with Crippen molar-refractivity contribution in [3.05, 3.63) is 47.2 Å². The van der Waals surface area contributed by atoms with E-state index < -0.39 is 0 Å². The molecule has 0 aliphatic carbocycles. The van der Waals surface area contributed by atoms with Gasteiger partial charge in [0.2, 0.25) is 4.96 Å². The summed E-state index contributed by atoms with van der Waals surface area (Å²) in [4.78, 5) is 9.37. The Bertz CT molecular complexity index is 1230. The number of nitrogens with zero attached hydrogens (tertiary/aromatic N) is 6. The van der Waals surface area contributed by atoms with Gasteiger partial charge in [0.1, 0.15) is 23.8 Å². The van der Waals surface area contributed by atoms with Crippen molar-refractivity contribution in [1.29, 1.82) is 0 Å². The summed E-state index contributed by atoms with van der Waals surface area (Å²) in [6.07, 6.45) is 1.71. The summed E-state index contributed by atoms with van der Waals surface area (Å²) < 4.78 is 12.9. The van der Waals surface area contributed by atoms with Crippen LogP contribution in [0, 0.1) is 0 Å². The predicted molar refractivity (Wildman–Crippen MR) is 102 cm³/mol. The van der Waals surface area contributed by atoms with Crippen molar-refractivity contribution in [2.75, 3.05) is 7.11 Å². The van der Waals surface area contributed by atoms with Gasteiger partial charge in [-0.05, 0) is 18.2 Å². The minimum atomic E-state index is 0.243. The molecule has 27 heavy (non-hydrogen) atoms. The van der Waals surface area contributed by atoms with Crippen LogP contribution in [0.1, 0.15) is 5.82 Å². The van der Waals surface area contributed by atoms with Crippen molar-refractivity contribution in [1.82, 2.24) is 29.8 Å². The molecule has 5 rings (SSSR count). The number of fused-ring (bicyclic) bond motifs is 2. The van der Waals surface area contributed by atoms with E-state index in [2.05, 4.69) is 25.3 Å². The molecule has 4 aromatic heterocycles. The Morgan fingerprint density at radius 2 is 2.11 bits per heavy atom. The average Bonchev–Trinajstić information content (AvgIpc) is 3.43. The maximum absolute atomic E-state index is 5.99. The fraction of sp³-hybridized carbons (Fsp3) is 0.118. The van der Waals surface area contributed by atoms with E-state index in [4.69, 9.17) is 9.47 Å². The van der Waals surface area contributed by atoms with Crippen molar-refractivity contribution in [3.63, 3.8) is 0 Å². The van der Waals surface area contributed by atoms with Gasteiger partial charge in [0.15, 0.2) is 10.8 Å². The van der Waals surface area contributed by atoms with Gasteiger partial charge < -0.3 is 9.47 Å². The zero-order valence-electron chi connectivity index (χ0n) is 14.1. The summed E-state index contributed by atoms with van der Waals surface area (Å²) in [5.41, 5.74) is 3.43. The van der Waals surface area contributed by atoms with Crippen LogP contribution >= 0.6 is 22.7 Å². The Balaban J connectivity index is 1.44. The second-order valence-electron chi connectivity index (χ2n) is 5.57. The Morgan fingerprint density at radius 3 is 2.96 bits per heavy atom. The fourth-order valence-electron chi connectivity index (χ4n) is 2.67. The minimum absolute atomic E-state index is 0.243. The minimum Gasteiger partial charge on any atom is -0.497 e. The lowest BCUT2D eigenvalue weighted by Crippen LogP contribution is -2.03. The molecule has 0 saturated heterocycles. The zero-order chi connectivity index (χ0) is 18.2. The van der Waals surface area contributed by atoms with Gasteiger partial charge in [-0.2, -0.15) is 9.61 Å². The number of pyridine rings is 1. The third-order valence-corrected chi connectivity index (χ3v) is 5.48. The number of benzene rings is 1. The molecular formula is C17H12N6O2S2. The molecule has 4 heterocycles. The van der Waals surface area contributed by atoms with E-state index in [1.54, 1.807) is 23.3 Å². The van der Waals surface area contributed by atoms with Gasteiger partial charge in [-0.15, -0.1) is 21.5 Å². The molecule has 0 aliphatic heterocycles. The van der Waals surface area contributed by atoms with Crippen LogP contribution in [-0.4, -0.2) is 36.9 Å². The number of thiazole rings is 1. The molecular weight excluding hydrogens is 384 g/mol. The molecule has 1 aromatic carbocycles. The lowest BCUT2D eigenvalue weighted by atomic mass is 10.2. The Hall–Kier alpha value is -3.11. The van der Waals surface area contributed by atoms with E-state index in [9.17, 15) is 0 Å². The van der Waals surface area contributed by atoms with Crippen molar-refractivity contribution in [2.45, 2.75) is 6.61 Å². The molecule has 0 atom stereocenters. The summed E-state index contributed by atoms with van der Waals surface area (Å²) in [6, 6.07) is 7.51. The first-order valence-corrected chi connectivity index (χ1v) is 9.73. The van der Waals surface area contributed by atoms with E-state index in [-0.39, 0.29) is 6.61 Å². The normalized spacial score (nSPS) is 11.3. The molecule has 0 N–H and O–H groups in total. The number of aromatic nitrogens is 6. The molecule has 0 saturated carbocycles. The lowest BCUT2D eigenvalue weighted by molar-refractivity contribution is 0.296. The zero-order valence-corrected chi connectivity index (χ0v) is 15.7. The fourth-order valence-corrected chi connectivity index (χ4v) is 4.10. The molecule has 0 radical (unpaired) electrons. The van der Waals surface area contributed by atoms with Crippen LogP contribution in [0.5, 0.6) is 11.5 Å². The summed E-state index contributed by atoms with van der Waals surface area (Å²) in [6.45, 7) is 0.243. The lowest BCUT2D eigenvalue weighted by Gasteiger charge is -2.08. The van der Waals surface area contributed by atoms with Gasteiger partial charge in [-0.1, -0.05) is 11.3 Å². The Kier molecular flexibility index (Phi) is 3.91. The van der Waals surface area contributed by atoms with Gasteiger partial charge in [0.25, 0.3) is 0 Å². The van der Waals surface area contributed by atoms with Crippen LogP contribution in [0.4, 0.5) is 0 Å². The first-order chi connectivity index (χ1) is 13.3. The summed E-state index contributed by atoms with van der Waals surface area (Å²) >= 11 is 2.98. The SMILES string of the molecule is COc1ccc2c(OCc3nnc4sc(-c5cscn5)nn34)ccnc2c1. The second-order valence-corrected chi connectivity index (χ2v) is 7.25. The number of hydrogen-bond donors (Lipinski definition) is 0. The maximum Gasteiger partial charge on any atom is 0.235 e. The smallest absolute Gasteiger partial charge is 0.235 e. The second kappa shape index (κ2) is 6.56.